The summed E-state index contributed by atoms with van der Waals surface area (Å²) in [6, 6.07) is 5.22. The lowest BCUT2D eigenvalue weighted by molar-refractivity contribution is -0.330. The molecule has 0 atom stereocenters. The summed E-state index contributed by atoms with van der Waals surface area (Å²) < 4.78 is 81.9. The summed E-state index contributed by atoms with van der Waals surface area (Å²) in [4.78, 5) is 11.7. The van der Waals surface area contributed by atoms with Crippen LogP contribution in [-0.4, -0.2) is 18.3 Å². The molecule has 0 radical (unpaired) electrons. The molecule has 22 heavy (non-hydrogen) atoms. The fraction of sp³-hybridized carbons (Fsp3) is 0.500. The highest BCUT2D eigenvalue weighted by Gasteiger charge is 2.75. The molecule has 0 aliphatic carbocycles. The third-order valence-corrected chi connectivity index (χ3v) is 3.39. The second-order valence-electron chi connectivity index (χ2n) is 4.64. The number of esters is 1. The Hall–Kier alpha value is -1.73. The first-order chi connectivity index (χ1) is 9.99. The molecule has 0 saturated carbocycles. The lowest BCUT2D eigenvalue weighted by Gasteiger charge is -2.33. The van der Waals surface area contributed by atoms with Crippen molar-refractivity contribution < 1.29 is 35.9 Å². The Bertz CT molecular complexity index is 502. The van der Waals surface area contributed by atoms with E-state index in [1.165, 1.54) is 12.1 Å². The van der Waals surface area contributed by atoms with E-state index >= 15 is 0 Å². The monoisotopic (exact) mass is 328 g/mol. The van der Waals surface area contributed by atoms with E-state index in [9.17, 15) is 31.1 Å². The molecule has 0 N–H and O–H groups in total. The van der Waals surface area contributed by atoms with Gasteiger partial charge in [-0.3, -0.25) is 4.79 Å². The summed E-state index contributed by atoms with van der Waals surface area (Å²) in [6.07, 6.45) is -12.5. The lowest BCUT2D eigenvalue weighted by Crippen LogP contribution is -2.56. The van der Waals surface area contributed by atoms with E-state index in [1.54, 1.807) is 0 Å². The van der Waals surface area contributed by atoms with Crippen molar-refractivity contribution in [2.75, 3.05) is 0 Å². The highest BCUT2D eigenvalue weighted by Crippen LogP contribution is 2.53. The molecule has 8 heteroatoms. The minimum Gasteiger partial charge on any atom is -0.426 e. The molecule has 0 spiro atoms. The van der Waals surface area contributed by atoms with E-state index in [1.807, 2.05) is 6.92 Å². The van der Waals surface area contributed by atoms with Crippen LogP contribution in [0.15, 0.2) is 24.3 Å². The Kier molecular flexibility index (Phi) is 5.14. The molecular formula is C14H14F6O2. The minimum atomic E-state index is -5.81. The van der Waals surface area contributed by atoms with Gasteiger partial charge >= 0.3 is 18.3 Å². The molecule has 0 aliphatic heterocycles. The molecule has 0 aliphatic rings. The van der Waals surface area contributed by atoms with Gasteiger partial charge in [0.05, 0.1) is 0 Å². The number of hydrogen-bond acceptors (Lipinski definition) is 2. The van der Waals surface area contributed by atoms with Gasteiger partial charge in [-0.2, -0.15) is 26.3 Å². The zero-order valence-corrected chi connectivity index (χ0v) is 11.8. The fourth-order valence-corrected chi connectivity index (χ4v) is 1.92. The quantitative estimate of drug-likeness (QED) is 0.456. The third-order valence-electron chi connectivity index (χ3n) is 3.39. The zero-order valence-electron chi connectivity index (χ0n) is 11.8. The maximum absolute atomic E-state index is 12.9. The van der Waals surface area contributed by atoms with Crippen molar-refractivity contribution in [2.24, 2.45) is 5.41 Å². The number of rotatable bonds is 4. The van der Waals surface area contributed by atoms with Crippen molar-refractivity contribution in [3.63, 3.8) is 0 Å². The number of halogens is 6. The Morgan fingerprint density at radius 3 is 1.73 bits per heavy atom. The largest absolute Gasteiger partial charge is 0.426 e. The number of carbonyl (C=O) groups is 1. The number of carbonyl (C=O) groups excluding carboxylic acids is 1. The van der Waals surface area contributed by atoms with Crippen molar-refractivity contribution >= 4 is 5.97 Å². The highest BCUT2D eigenvalue weighted by molar-refractivity contribution is 5.81. The topological polar surface area (TPSA) is 26.3 Å². The van der Waals surface area contributed by atoms with Gasteiger partial charge in [0.25, 0.3) is 5.41 Å². The van der Waals surface area contributed by atoms with E-state index in [0.29, 0.717) is 13.3 Å². The van der Waals surface area contributed by atoms with Crippen LogP contribution in [0.4, 0.5) is 26.3 Å². The van der Waals surface area contributed by atoms with Gasteiger partial charge in [0, 0.05) is 0 Å². The smallest absolute Gasteiger partial charge is 0.413 e. The molecule has 0 saturated heterocycles. The van der Waals surface area contributed by atoms with Crippen LogP contribution in [0.2, 0.25) is 0 Å². The molecule has 0 aromatic heterocycles. The number of benzene rings is 1. The number of alkyl halides is 6. The molecule has 1 aromatic carbocycles. The van der Waals surface area contributed by atoms with Gasteiger partial charge in [-0.05, 0) is 30.5 Å². The van der Waals surface area contributed by atoms with Gasteiger partial charge in [0.15, 0.2) is 0 Å². The average Bonchev–Trinajstić information content (AvgIpc) is 2.37. The Morgan fingerprint density at radius 1 is 0.955 bits per heavy atom. The van der Waals surface area contributed by atoms with Crippen molar-refractivity contribution in [2.45, 2.75) is 39.0 Å². The predicted molar refractivity (Wildman–Crippen MR) is 66.3 cm³/mol. The highest BCUT2D eigenvalue weighted by atomic mass is 19.4. The van der Waals surface area contributed by atoms with E-state index in [4.69, 9.17) is 0 Å². The molecule has 1 aromatic rings. The van der Waals surface area contributed by atoms with Crippen LogP contribution in [0.25, 0.3) is 0 Å². The second kappa shape index (κ2) is 6.18. The molecule has 0 fully saturated rings. The van der Waals surface area contributed by atoms with Crippen LogP contribution in [0.1, 0.15) is 25.8 Å². The molecular weight excluding hydrogens is 314 g/mol. The van der Waals surface area contributed by atoms with E-state index in [-0.39, 0.29) is 5.75 Å². The fourth-order valence-electron chi connectivity index (χ4n) is 1.92. The molecule has 1 rings (SSSR count). The zero-order chi connectivity index (χ0) is 17.2. The summed E-state index contributed by atoms with van der Waals surface area (Å²) in [5.41, 5.74) is -3.74. The minimum absolute atomic E-state index is 0.367. The molecule has 0 unspecified atom stereocenters. The first-order valence-electron chi connectivity index (χ1n) is 6.44. The predicted octanol–water partition coefficient (Wildman–Crippen LogP) is 4.68. The van der Waals surface area contributed by atoms with Crippen LogP contribution < -0.4 is 4.74 Å². The maximum atomic E-state index is 12.9. The van der Waals surface area contributed by atoms with Crippen molar-refractivity contribution in [3.05, 3.63) is 29.8 Å². The van der Waals surface area contributed by atoms with E-state index < -0.39 is 30.2 Å². The van der Waals surface area contributed by atoms with Crippen LogP contribution >= 0.6 is 0 Å². The summed E-state index contributed by atoms with van der Waals surface area (Å²) >= 11 is 0. The molecule has 0 heterocycles. The Morgan fingerprint density at radius 2 is 1.41 bits per heavy atom. The van der Waals surface area contributed by atoms with Gasteiger partial charge in [-0.15, -0.1) is 0 Å². The van der Waals surface area contributed by atoms with E-state index in [2.05, 4.69) is 4.74 Å². The Labute approximate surface area is 123 Å². The van der Waals surface area contributed by atoms with Gasteiger partial charge in [-0.1, -0.05) is 26.0 Å². The molecule has 2 nitrogen and oxygen atoms in total. The first kappa shape index (κ1) is 18.3. The average molecular weight is 328 g/mol. The summed E-state index contributed by atoms with van der Waals surface area (Å²) in [6.45, 7) is 2.46. The van der Waals surface area contributed by atoms with Crippen LogP contribution in [0, 0.1) is 5.41 Å². The van der Waals surface area contributed by atoms with Crippen molar-refractivity contribution in [3.8, 4) is 5.75 Å². The summed E-state index contributed by atoms with van der Waals surface area (Å²) in [7, 11) is 0. The molecule has 124 valence electrons. The van der Waals surface area contributed by atoms with E-state index in [0.717, 1.165) is 17.7 Å². The third kappa shape index (κ3) is 3.20. The van der Waals surface area contributed by atoms with Gasteiger partial charge in [0.2, 0.25) is 0 Å². The molecule has 0 bridgehead atoms. The van der Waals surface area contributed by atoms with Gasteiger partial charge in [-0.25, -0.2) is 0 Å². The number of aryl methyl sites for hydroxylation is 1. The van der Waals surface area contributed by atoms with Gasteiger partial charge < -0.3 is 4.74 Å². The van der Waals surface area contributed by atoms with Crippen molar-refractivity contribution in [1.82, 2.24) is 0 Å². The van der Waals surface area contributed by atoms with Gasteiger partial charge in [0.1, 0.15) is 5.75 Å². The second-order valence-corrected chi connectivity index (χ2v) is 4.64. The number of hydrogen-bond donors (Lipinski definition) is 0. The van der Waals surface area contributed by atoms with Crippen molar-refractivity contribution in [1.29, 1.82) is 0 Å². The summed E-state index contributed by atoms with van der Waals surface area (Å²) in [5, 5.41) is 0. The summed E-state index contributed by atoms with van der Waals surface area (Å²) in [5.74, 6) is -2.74. The first-order valence-corrected chi connectivity index (χ1v) is 6.44. The maximum Gasteiger partial charge on any atom is 0.413 e. The van der Waals surface area contributed by atoms with Crippen LogP contribution in [0.5, 0.6) is 5.75 Å². The van der Waals surface area contributed by atoms with Crippen LogP contribution in [0.3, 0.4) is 0 Å². The molecule has 0 amide bonds. The van der Waals surface area contributed by atoms with Crippen LogP contribution in [-0.2, 0) is 11.2 Å². The SMILES string of the molecule is CCc1ccc(OC(=O)C(CC)(C(F)(F)F)C(F)(F)F)cc1. The number of ether oxygens (including phenoxy) is 1. The lowest BCUT2D eigenvalue weighted by atomic mass is 9.83. The standard InChI is InChI=1S/C14H14F6O2/c1-3-9-5-7-10(8-6-9)22-11(21)12(4-2,13(15,16)17)14(18,19)20/h5-8H,3-4H2,1-2H3. The normalized spacial score (nSPS) is 13.1. The Balaban J connectivity index is 3.17.